The highest BCUT2D eigenvalue weighted by atomic mass is 16.5. The molecule has 0 aliphatic heterocycles. The van der Waals surface area contributed by atoms with E-state index in [1.807, 2.05) is 25.1 Å². The number of carboxylic acids is 1. The van der Waals surface area contributed by atoms with Gasteiger partial charge < -0.3 is 14.7 Å². The van der Waals surface area contributed by atoms with Gasteiger partial charge in [-0.2, -0.15) is 0 Å². The molecule has 4 heteroatoms. The Bertz CT molecular complexity index is 354. The summed E-state index contributed by atoms with van der Waals surface area (Å²) < 4.78 is 5.34. The molecule has 0 saturated carbocycles. The predicted molar refractivity (Wildman–Crippen MR) is 76.6 cm³/mol. The van der Waals surface area contributed by atoms with E-state index in [2.05, 4.69) is 17.0 Å². The second-order valence-electron chi connectivity index (χ2n) is 4.37. The lowest BCUT2D eigenvalue weighted by molar-refractivity contribution is -0.137. The van der Waals surface area contributed by atoms with Crippen LogP contribution < -0.4 is 4.90 Å². The van der Waals surface area contributed by atoms with Crippen molar-refractivity contribution < 1.29 is 14.6 Å². The fourth-order valence-corrected chi connectivity index (χ4v) is 1.93. The summed E-state index contributed by atoms with van der Waals surface area (Å²) in [6.45, 7) is 5.14. The molecule has 0 aliphatic carbocycles. The molecule has 0 radical (unpaired) electrons. The Morgan fingerprint density at radius 1 is 1.21 bits per heavy atom. The van der Waals surface area contributed by atoms with Gasteiger partial charge in [-0.05, 0) is 31.9 Å². The predicted octanol–water partition coefficient (Wildman–Crippen LogP) is 2.78. The Morgan fingerprint density at radius 2 is 1.89 bits per heavy atom. The molecule has 0 unspecified atom stereocenters. The van der Waals surface area contributed by atoms with E-state index in [1.165, 1.54) is 0 Å². The zero-order valence-electron chi connectivity index (χ0n) is 11.5. The number of hydrogen-bond acceptors (Lipinski definition) is 3. The highest BCUT2D eigenvalue weighted by molar-refractivity contribution is 5.66. The average Bonchev–Trinajstić information content (AvgIpc) is 2.42. The Balaban J connectivity index is 2.45. The molecule has 0 heterocycles. The fraction of sp³-hybridized carbons (Fsp3) is 0.533. The van der Waals surface area contributed by atoms with Gasteiger partial charge in [0.25, 0.3) is 0 Å². The average molecular weight is 265 g/mol. The molecular weight excluding hydrogens is 242 g/mol. The fourth-order valence-electron chi connectivity index (χ4n) is 1.93. The van der Waals surface area contributed by atoms with E-state index in [0.29, 0.717) is 6.42 Å². The lowest BCUT2D eigenvalue weighted by Crippen LogP contribution is -2.27. The molecule has 0 bridgehead atoms. The van der Waals surface area contributed by atoms with E-state index in [-0.39, 0.29) is 6.42 Å². The summed E-state index contributed by atoms with van der Waals surface area (Å²) in [7, 11) is 0. The van der Waals surface area contributed by atoms with E-state index in [9.17, 15) is 4.79 Å². The van der Waals surface area contributed by atoms with Crippen LogP contribution in [0.2, 0.25) is 0 Å². The summed E-state index contributed by atoms with van der Waals surface area (Å²) in [6.07, 6.45) is 1.84. The quantitative estimate of drug-likeness (QED) is 0.661. The summed E-state index contributed by atoms with van der Waals surface area (Å²) >= 11 is 0. The van der Waals surface area contributed by atoms with Crippen LogP contribution in [0.1, 0.15) is 26.2 Å². The monoisotopic (exact) mass is 265 g/mol. The van der Waals surface area contributed by atoms with Crippen LogP contribution in [0.3, 0.4) is 0 Å². The molecule has 0 amide bonds. The maximum atomic E-state index is 10.6. The number of aliphatic carboxylic acids is 1. The molecule has 0 saturated heterocycles. The van der Waals surface area contributed by atoms with Crippen molar-refractivity contribution in [3.63, 3.8) is 0 Å². The number of para-hydroxylation sites is 1. The summed E-state index contributed by atoms with van der Waals surface area (Å²) in [5, 5.41) is 8.70. The van der Waals surface area contributed by atoms with Crippen molar-refractivity contribution in [3.05, 3.63) is 30.3 Å². The second-order valence-corrected chi connectivity index (χ2v) is 4.37. The van der Waals surface area contributed by atoms with Gasteiger partial charge >= 0.3 is 5.97 Å². The molecule has 1 N–H and O–H groups in total. The first-order chi connectivity index (χ1) is 9.24. The standard InChI is InChI=1S/C15H23NO3/c1-2-19-13-7-12-16(11-6-10-15(17)18)14-8-4-3-5-9-14/h3-5,8-9H,2,6-7,10-13H2,1H3,(H,17,18). The van der Waals surface area contributed by atoms with Gasteiger partial charge in [-0.25, -0.2) is 0 Å². The van der Waals surface area contributed by atoms with Gasteiger partial charge in [-0.3, -0.25) is 4.79 Å². The summed E-state index contributed by atoms with van der Waals surface area (Å²) in [6, 6.07) is 10.1. The number of rotatable bonds is 10. The van der Waals surface area contributed by atoms with Crippen molar-refractivity contribution in [2.24, 2.45) is 0 Å². The van der Waals surface area contributed by atoms with Crippen LogP contribution in [0.4, 0.5) is 5.69 Å². The number of benzene rings is 1. The van der Waals surface area contributed by atoms with Crippen LogP contribution in [0.25, 0.3) is 0 Å². The van der Waals surface area contributed by atoms with Gasteiger partial charge in [-0.15, -0.1) is 0 Å². The van der Waals surface area contributed by atoms with Crippen molar-refractivity contribution in [2.45, 2.75) is 26.2 Å². The molecule has 106 valence electrons. The number of carboxylic acid groups (broad SMARTS) is 1. The Kier molecular flexibility index (Phi) is 7.66. The minimum atomic E-state index is -0.734. The van der Waals surface area contributed by atoms with Crippen molar-refractivity contribution >= 4 is 11.7 Å². The van der Waals surface area contributed by atoms with Crippen molar-refractivity contribution in [2.75, 3.05) is 31.2 Å². The Morgan fingerprint density at radius 3 is 2.53 bits per heavy atom. The molecule has 0 atom stereocenters. The topological polar surface area (TPSA) is 49.8 Å². The number of anilines is 1. The lowest BCUT2D eigenvalue weighted by Gasteiger charge is -2.24. The van der Waals surface area contributed by atoms with Gasteiger partial charge in [0.15, 0.2) is 0 Å². The highest BCUT2D eigenvalue weighted by Crippen LogP contribution is 2.14. The van der Waals surface area contributed by atoms with Gasteiger partial charge in [0.1, 0.15) is 0 Å². The number of carbonyl (C=O) groups is 1. The Labute approximate surface area is 115 Å². The number of ether oxygens (including phenoxy) is 1. The summed E-state index contributed by atoms with van der Waals surface area (Å²) in [5.74, 6) is -0.734. The number of hydrogen-bond donors (Lipinski definition) is 1. The molecule has 1 rings (SSSR count). The highest BCUT2D eigenvalue weighted by Gasteiger charge is 2.07. The van der Waals surface area contributed by atoms with E-state index in [4.69, 9.17) is 9.84 Å². The molecule has 0 aromatic heterocycles. The van der Waals surface area contributed by atoms with Crippen molar-refractivity contribution in [1.29, 1.82) is 0 Å². The first-order valence-corrected chi connectivity index (χ1v) is 6.83. The molecule has 4 nitrogen and oxygen atoms in total. The van der Waals surface area contributed by atoms with Crippen LogP contribution >= 0.6 is 0 Å². The largest absolute Gasteiger partial charge is 0.481 e. The third kappa shape index (κ3) is 6.82. The van der Waals surface area contributed by atoms with Gasteiger partial charge in [-0.1, -0.05) is 18.2 Å². The van der Waals surface area contributed by atoms with E-state index in [0.717, 1.165) is 38.4 Å². The Hall–Kier alpha value is -1.55. The molecule has 0 fully saturated rings. The molecule has 1 aromatic carbocycles. The molecule has 0 spiro atoms. The maximum absolute atomic E-state index is 10.6. The lowest BCUT2D eigenvalue weighted by atomic mass is 10.2. The smallest absolute Gasteiger partial charge is 0.303 e. The third-order valence-electron chi connectivity index (χ3n) is 2.86. The molecular formula is C15H23NO3. The van der Waals surface area contributed by atoms with Crippen LogP contribution in [-0.2, 0) is 9.53 Å². The van der Waals surface area contributed by atoms with Gasteiger partial charge in [0.05, 0.1) is 0 Å². The van der Waals surface area contributed by atoms with E-state index < -0.39 is 5.97 Å². The van der Waals surface area contributed by atoms with Crippen LogP contribution in [0.15, 0.2) is 30.3 Å². The second kappa shape index (κ2) is 9.39. The SMILES string of the molecule is CCOCCCN(CCCC(=O)O)c1ccccc1. The minimum Gasteiger partial charge on any atom is -0.481 e. The van der Waals surface area contributed by atoms with E-state index >= 15 is 0 Å². The van der Waals surface area contributed by atoms with Crippen LogP contribution in [0.5, 0.6) is 0 Å². The normalized spacial score (nSPS) is 10.4. The van der Waals surface area contributed by atoms with Crippen molar-refractivity contribution in [3.8, 4) is 0 Å². The summed E-state index contributed by atoms with van der Waals surface area (Å²) in [5.41, 5.74) is 1.14. The van der Waals surface area contributed by atoms with Gasteiger partial charge in [0, 0.05) is 38.4 Å². The third-order valence-corrected chi connectivity index (χ3v) is 2.86. The maximum Gasteiger partial charge on any atom is 0.303 e. The van der Waals surface area contributed by atoms with Gasteiger partial charge in [0.2, 0.25) is 0 Å². The zero-order valence-corrected chi connectivity index (χ0v) is 11.5. The zero-order chi connectivity index (χ0) is 13.9. The first kappa shape index (κ1) is 15.5. The first-order valence-electron chi connectivity index (χ1n) is 6.83. The summed E-state index contributed by atoms with van der Waals surface area (Å²) in [4.78, 5) is 12.8. The van der Waals surface area contributed by atoms with E-state index in [1.54, 1.807) is 0 Å². The van der Waals surface area contributed by atoms with Crippen LogP contribution in [0, 0.1) is 0 Å². The molecule has 0 aliphatic rings. The molecule has 1 aromatic rings. The number of nitrogens with zero attached hydrogens (tertiary/aromatic N) is 1. The molecule has 19 heavy (non-hydrogen) atoms. The minimum absolute atomic E-state index is 0.217. The van der Waals surface area contributed by atoms with Crippen molar-refractivity contribution in [1.82, 2.24) is 0 Å². The van der Waals surface area contributed by atoms with Crippen LogP contribution in [-0.4, -0.2) is 37.4 Å².